The first-order valence-corrected chi connectivity index (χ1v) is 6.69. The maximum Gasteiger partial charge on any atom is 0.235 e. The second-order valence-electron chi connectivity index (χ2n) is 5.09. The molecule has 0 fully saturated rings. The number of hydrazine groups is 1. The summed E-state index contributed by atoms with van der Waals surface area (Å²) in [5.74, 6) is -0.0896. The minimum Gasteiger partial charge on any atom is -0.274 e. The van der Waals surface area contributed by atoms with Gasteiger partial charge in [0.2, 0.25) is 5.91 Å². The number of hydrogen-bond donors (Lipinski definition) is 1. The number of carbonyl (C=O) groups excluding carboxylic acids is 1. The lowest BCUT2D eigenvalue weighted by molar-refractivity contribution is -0.118. The van der Waals surface area contributed by atoms with E-state index in [9.17, 15) is 4.79 Å². The molecule has 0 saturated heterocycles. The molecule has 0 atom stereocenters. The zero-order valence-corrected chi connectivity index (χ0v) is 12.4. The zero-order chi connectivity index (χ0) is 14.7. The number of nitrogens with zero attached hydrogens (tertiary/aromatic N) is 1. The van der Waals surface area contributed by atoms with Crippen molar-refractivity contribution in [1.29, 1.82) is 0 Å². The van der Waals surface area contributed by atoms with Crippen LogP contribution in [0, 0.1) is 20.8 Å². The van der Waals surface area contributed by atoms with Gasteiger partial charge in [-0.2, -0.15) is 0 Å². The summed E-state index contributed by atoms with van der Waals surface area (Å²) in [6.45, 7) is 7.73. The molecule has 1 amide bonds. The Bertz CT molecular complexity index is 597. The highest BCUT2D eigenvalue weighted by molar-refractivity contribution is 5.80. The molecule has 2 aromatic carbocycles. The number of anilines is 2. The molecule has 0 radical (unpaired) electrons. The largest absolute Gasteiger partial charge is 0.274 e. The molecule has 0 bridgehead atoms. The molecular weight excluding hydrogens is 248 g/mol. The number of benzene rings is 2. The lowest BCUT2D eigenvalue weighted by Crippen LogP contribution is -2.38. The number of hydrogen-bond acceptors (Lipinski definition) is 2. The summed E-state index contributed by atoms with van der Waals surface area (Å²) in [5, 5.41) is 1.85. The van der Waals surface area contributed by atoms with Crippen LogP contribution in [0.25, 0.3) is 0 Å². The monoisotopic (exact) mass is 268 g/mol. The van der Waals surface area contributed by atoms with Crippen LogP contribution in [0.2, 0.25) is 0 Å². The van der Waals surface area contributed by atoms with Gasteiger partial charge in [0.15, 0.2) is 0 Å². The number of para-hydroxylation sites is 1. The molecule has 0 aliphatic rings. The van der Waals surface area contributed by atoms with Crippen molar-refractivity contribution in [3.63, 3.8) is 0 Å². The van der Waals surface area contributed by atoms with Crippen molar-refractivity contribution >= 4 is 17.3 Å². The average Bonchev–Trinajstić information content (AvgIpc) is 2.37. The van der Waals surface area contributed by atoms with Gasteiger partial charge in [0.05, 0.1) is 11.4 Å². The van der Waals surface area contributed by atoms with Gasteiger partial charge in [-0.15, -0.1) is 0 Å². The first kappa shape index (κ1) is 14.1. The summed E-state index contributed by atoms with van der Waals surface area (Å²) < 4.78 is 0. The van der Waals surface area contributed by atoms with Crippen LogP contribution in [-0.2, 0) is 4.79 Å². The van der Waals surface area contributed by atoms with Crippen molar-refractivity contribution in [2.45, 2.75) is 27.7 Å². The van der Waals surface area contributed by atoms with Crippen LogP contribution in [0.15, 0.2) is 42.5 Å². The van der Waals surface area contributed by atoms with Crippen molar-refractivity contribution in [2.75, 3.05) is 5.01 Å². The van der Waals surface area contributed by atoms with Crippen molar-refractivity contribution in [3.8, 4) is 0 Å². The van der Waals surface area contributed by atoms with Crippen molar-refractivity contribution < 1.29 is 4.79 Å². The van der Waals surface area contributed by atoms with E-state index in [1.54, 1.807) is 0 Å². The lowest BCUT2D eigenvalue weighted by Gasteiger charge is -2.28. The Balaban J connectivity index is 2.55. The molecule has 0 unspecified atom stereocenters. The van der Waals surface area contributed by atoms with E-state index in [0.29, 0.717) is 0 Å². The van der Waals surface area contributed by atoms with E-state index < -0.39 is 0 Å². The third-order valence-corrected chi connectivity index (χ3v) is 3.14. The molecule has 20 heavy (non-hydrogen) atoms. The predicted octanol–water partition coefficient (Wildman–Crippen LogP) is 3.80. The molecule has 2 rings (SSSR count). The van der Waals surface area contributed by atoms with E-state index in [1.807, 2.05) is 35.3 Å². The van der Waals surface area contributed by atoms with Gasteiger partial charge in [-0.25, -0.2) is 0 Å². The van der Waals surface area contributed by atoms with Crippen LogP contribution in [0.4, 0.5) is 11.4 Å². The minimum atomic E-state index is -0.0896. The molecule has 0 aromatic heterocycles. The topological polar surface area (TPSA) is 32.3 Å². The maximum absolute atomic E-state index is 11.5. The zero-order valence-electron chi connectivity index (χ0n) is 12.4. The first-order chi connectivity index (χ1) is 9.49. The minimum absolute atomic E-state index is 0.0896. The van der Waals surface area contributed by atoms with Gasteiger partial charge in [0.1, 0.15) is 0 Å². The SMILES string of the molecule is CC(=O)NN(c1ccccc1)c1c(C)cc(C)cc1C. The smallest absolute Gasteiger partial charge is 0.235 e. The fourth-order valence-electron chi connectivity index (χ4n) is 2.51. The molecule has 0 aliphatic heterocycles. The summed E-state index contributed by atoms with van der Waals surface area (Å²) in [6, 6.07) is 14.1. The fourth-order valence-corrected chi connectivity index (χ4v) is 2.51. The Hall–Kier alpha value is -2.29. The van der Waals surface area contributed by atoms with Gasteiger partial charge in [-0.05, 0) is 44.0 Å². The van der Waals surface area contributed by atoms with E-state index >= 15 is 0 Å². The fraction of sp³-hybridized carbons (Fsp3) is 0.235. The summed E-state index contributed by atoms with van der Waals surface area (Å²) in [6.07, 6.45) is 0. The van der Waals surface area contributed by atoms with Gasteiger partial charge >= 0.3 is 0 Å². The maximum atomic E-state index is 11.5. The molecular formula is C17H20N2O. The summed E-state index contributed by atoms with van der Waals surface area (Å²) >= 11 is 0. The molecule has 104 valence electrons. The lowest BCUT2D eigenvalue weighted by atomic mass is 10.0. The third-order valence-electron chi connectivity index (χ3n) is 3.14. The highest BCUT2D eigenvalue weighted by Gasteiger charge is 2.15. The van der Waals surface area contributed by atoms with Crippen molar-refractivity contribution in [3.05, 3.63) is 59.2 Å². The van der Waals surface area contributed by atoms with E-state index in [0.717, 1.165) is 22.5 Å². The molecule has 0 saturated carbocycles. The van der Waals surface area contributed by atoms with Crippen LogP contribution in [0.3, 0.4) is 0 Å². The van der Waals surface area contributed by atoms with Gasteiger partial charge in [0, 0.05) is 6.92 Å². The Morgan fingerprint density at radius 3 is 2.05 bits per heavy atom. The summed E-state index contributed by atoms with van der Waals surface area (Å²) in [7, 11) is 0. The van der Waals surface area contributed by atoms with Gasteiger partial charge < -0.3 is 0 Å². The molecule has 3 nitrogen and oxygen atoms in total. The van der Waals surface area contributed by atoms with Crippen LogP contribution in [0.5, 0.6) is 0 Å². The first-order valence-electron chi connectivity index (χ1n) is 6.69. The standard InChI is InChI=1S/C17H20N2O/c1-12-10-13(2)17(14(3)11-12)19(18-15(4)20)16-8-6-5-7-9-16/h5-11H,1-4H3,(H,18,20). The molecule has 2 aromatic rings. The second kappa shape index (κ2) is 5.78. The average molecular weight is 268 g/mol. The second-order valence-corrected chi connectivity index (χ2v) is 5.09. The number of nitrogens with one attached hydrogen (secondary N) is 1. The molecule has 0 spiro atoms. The highest BCUT2D eigenvalue weighted by Crippen LogP contribution is 2.30. The number of rotatable bonds is 3. The molecule has 3 heteroatoms. The highest BCUT2D eigenvalue weighted by atomic mass is 16.2. The van der Waals surface area contributed by atoms with E-state index in [2.05, 4.69) is 38.3 Å². The van der Waals surface area contributed by atoms with Crippen LogP contribution >= 0.6 is 0 Å². The van der Waals surface area contributed by atoms with E-state index in [1.165, 1.54) is 12.5 Å². The van der Waals surface area contributed by atoms with Gasteiger partial charge in [-0.3, -0.25) is 15.2 Å². The Morgan fingerprint density at radius 2 is 1.55 bits per heavy atom. The molecule has 0 aliphatic carbocycles. The quantitative estimate of drug-likeness (QED) is 0.859. The Kier molecular flexibility index (Phi) is 4.08. The number of aryl methyl sites for hydroxylation is 3. The number of carbonyl (C=O) groups is 1. The summed E-state index contributed by atoms with van der Waals surface area (Å²) in [4.78, 5) is 11.5. The Labute approximate surface area is 120 Å². The van der Waals surface area contributed by atoms with Crippen LogP contribution in [-0.4, -0.2) is 5.91 Å². The van der Waals surface area contributed by atoms with Crippen molar-refractivity contribution in [2.24, 2.45) is 0 Å². The van der Waals surface area contributed by atoms with Gasteiger partial charge in [0.25, 0.3) is 0 Å². The van der Waals surface area contributed by atoms with E-state index in [4.69, 9.17) is 0 Å². The van der Waals surface area contributed by atoms with Crippen molar-refractivity contribution in [1.82, 2.24) is 5.43 Å². The van der Waals surface area contributed by atoms with Gasteiger partial charge in [-0.1, -0.05) is 35.9 Å². The van der Waals surface area contributed by atoms with Crippen LogP contribution < -0.4 is 10.4 Å². The van der Waals surface area contributed by atoms with Crippen LogP contribution in [0.1, 0.15) is 23.6 Å². The third kappa shape index (κ3) is 2.99. The Morgan fingerprint density at radius 1 is 1.00 bits per heavy atom. The predicted molar refractivity (Wildman–Crippen MR) is 83.1 cm³/mol. The number of amides is 1. The molecule has 0 heterocycles. The molecule has 1 N–H and O–H groups in total. The van der Waals surface area contributed by atoms with E-state index in [-0.39, 0.29) is 5.91 Å². The normalized spacial score (nSPS) is 10.2. The summed E-state index contributed by atoms with van der Waals surface area (Å²) in [5.41, 5.74) is 8.38.